The molecule has 0 saturated carbocycles. The summed E-state index contributed by atoms with van der Waals surface area (Å²) in [5.74, 6) is -1.16. The molecule has 0 saturated heterocycles. The summed E-state index contributed by atoms with van der Waals surface area (Å²) in [7, 11) is -3.98. The smallest absolute Gasteiger partial charge is 0.268 e. The quantitative estimate of drug-likeness (QED) is 0.662. The Hall–Kier alpha value is -3.23. The van der Waals surface area contributed by atoms with Crippen LogP contribution in [-0.4, -0.2) is 25.2 Å². The van der Waals surface area contributed by atoms with Crippen molar-refractivity contribution in [1.29, 1.82) is 0 Å². The van der Waals surface area contributed by atoms with Gasteiger partial charge in [0.1, 0.15) is 0 Å². The van der Waals surface area contributed by atoms with Crippen molar-refractivity contribution in [1.82, 2.24) is 4.98 Å². The molecule has 0 spiro atoms. The van der Waals surface area contributed by atoms with E-state index in [0.29, 0.717) is 10.7 Å². The second kappa shape index (κ2) is 6.74. The average Bonchev–Trinajstić information content (AvgIpc) is 2.94. The number of carbonyl (C=O) groups excluding carboxylic acids is 2. The van der Waals surface area contributed by atoms with E-state index in [0.717, 1.165) is 4.90 Å². The van der Waals surface area contributed by atoms with E-state index < -0.39 is 21.8 Å². The van der Waals surface area contributed by atoms with Gasteiger partial charge in [-0.15, -0.1) is 0 Å². The highest BCUT2D eigenvalue weighted by atomic mass is 35.5. The molecule has 3 aromatic rings. The van der Waals surface area contributed by atoms with Crippen molar-refractivity contribution in [3.05, 3.63) is 83.1 Å². The van der Waals surface area contributed by atoms with Crippen LogP contribution in [0.1, 0.15) is 20.7 Å². The highest BCUT2D eigenvalue weighted by Gasteiger charge is 2.39. The number of halogens is 1. The molecule has 4 rings (SSSR count). The van der Waals surface area contributed by atoms with Crippen LogP contribution in [0.4, 0.5) is 11.4 Å². The van der Waals surface area contributed by atoms with E-state index in [4.69, 9.17) is 11.6 Å². The van der Waals surface area contributed by atoms with Gasteiger partial charge in [-0.25, -0.2) is 13.3 Å². The van der Waals surface area contributed by atoms with Gasteiger partial charge in [-0.05, 0) is 48.5 Å². The monoisotopic (exact) mass is 413 g/mol. The number of rotatable bonds is 4. The van der Waals surface area contributed by atoms with Crippen LogP contribution in [0.3, 0.4) is 0 Å². The molecule has 1 aliphatic rings. The zero-order valence-corrected chi connectivity index (χ0v) is 15.7. The molecule has 1 N–H and O–H groups in total. The Labute approximate surface area is 165 Å². The second-order valence-electron chi connectivity index (χ2n) is 5.94. The first-order valence-electron chi connectivity index (χ1n) is 8.09. The van der Waals surface area contributed by atoms with Crippen LogP contribution in [0.15, 0.2) is 71.9 Å². The molecule has 140 valence electrons. The highest BCUT2D eigenvalue weighted by Crippen LogP contribution is 2.33. The Morgan fingerprint density at radius 2 is 1.68 bits per heavy atom. The molecule has 0 atom stereocenters. The summed E-state index contributed by atoms with van der Waals surface area (Å²) >= 11 is 5.80. The minimum atomic E-state index is -3.98. The SMILES string of the molecule is O=C1c2cccc(NS(=O)(=O)c3ccc(Cl)cc3)c2C(=O)N1c1cccnc1. The van der Waals surface area contributed by atoms with E-state index in [9.17, 15) is 18.0 Å². The van der Waals surface area contributed by atoms with Gasteiger partial charge < -0.3 is 0 Å². The van der Waals surface area contributed by atoms with Crippen molar-refractivity contribution in [3.63, 3.8) is 0 Å². The minimum absolute atomic E-state index is 0.00566. The number of benzene rings is 2. The molecule has 2 heterocycles. The molecule has 0 unspecified atom stereocenters. The van der Waals surface area contributed by atoms with Crippen molar-refractivity contribution in [2.24, 2.45) is 0 Å². The second-order valence-corrected chi connectivity index (χ2v) is 8.06. The zero-order chi connectivity index (χ0) is 19.9. The summed E-state index contributed by atoms with van der Waals surface area (Å²) in [4.78, 5) is 30.5. The molecule has 7 nitrogen and oxygen atoms in total. The number of fused-ring (bicyclic) bond motifs is 1. The van der Waals surface area contributed by atoms with E-state index in [1.807, 2.05) is 0 Å². The standard InChI is InChI=1S/C19H12ClN3O4S/c20-12-6-8-14(9-7-12)28(26,27)22-16-5-1-4-15-17(16)19(25)23(18(15)24)13-3-2-10-21-11-13/h1-11,22H. The van der Waals surface area contributed by atoms with Gasteiger partial charge in [0.2, 0.25) is 0 Å². The fraction of sp³-hybridized carbons (Fsp3) is 0. The number of hydrogen-bond donors (Lipinski definition) is 1. The number of amides is 2. The van der Waals surface area contributed by atoms with Crippen molar-refractivity contribution in [3.8, 4) is 0 Å². The molecule has 0 fully saturated rings. The number of carbonyl (C=O) groups is 2. The molecule has 28 heavy (non-hydrogen) atoms. The van der Waals surface area contributed by atoms with Gasteiger partial charge in [-0.3, -0.25) is 19.3 Å². The van der Waals surface area contributed by atoms with Crippen molar-refractivity contribution >= 4 is 44.8 Å². The molecule has 1 aromatic heterocycles. The first kappa shape index (κ1) is 18.1. The van der Waals surface area contributed by atoms with Crippen LogP contribution >= 0.6 is 11.6 Å². The summed E-state index contributed by atoms with van der Waals surface area (Å²) in [6, 6.07) is 13.2. The van der Waals surface area contributed by atoms with Crippen LogP contribution in [0.25, 0.3) is 0 Å². The van der Waals surface area contributed by atoms with Crippen LogP contribution in [0, 0.1) is 0 Å². The Kier molecular flexibility index (Phi) is 4.37. The Morgan fingerprint density at radius 1 is 0.929 bits per heavy atom. The lowest BCUT2D eigenvalue weighted by atomic mass is 10.1. The van der Waals surface area contributed by atoms with Gasteiger partial charge in [-0.2, -0.15) is 0 Å². The van der Waals surface area contributed by atoms with Crippen LogP contribution in [0.5, 0.6) is 0 Å². The van der Waals surface area contributed by atoms with E-state index in [1.54, 1.807) is 12.1 Å². The van der Waals surface area contributed by atoms with E-state index in [1.165, 1.54) is 54.9 Å². The van der Waals surface area contributed by atoms with Gasteiger partial charge in [0.15, 0.2) is 0 Å². The molecule has 2 amide bonds. The molecule has 0 aliphatic carbocycles. The maximum absolute atomic E-state index is 12.9. The number of aromatic nitrogens is 1. The number of anilines is 2. The third kappa shape index (κ3) is 3.02. The number of nitrogens with one attached hydrogen (secondary N) is 1. The lowest BCUT2D eigenvalue weighted by Crippen LogP contribution is -2.29. The maximum atomic E-state index is 12.9. The van der Waals surface area contributed by atoms with Gasteiger partial charge in [0, 0.05) is 11.2 Å². The van der Waals surface area contributed by atoms with Crippen molar-refractivity contribution in [2.45, 2.75) is 4.90 Å². The van der Waals surface area contributed by atoms with Crippen molar-refractivity contribution < 1.29 is 18.0 Å². The summed E-state index contributed by atoms with van der Waals surface area (Å²) in [5, 5.41) is 0.396. The molecular weight excluding hydrogens is 402 g/mol. The van der Waals surface area contributed by atoms with Gasteiger partial charge >= 0.3 is 0 Å². The average molecular weight is 414 g/mol. The van der Waals surface area contributed by atoms with Gasteiger partial charge in [-0.1, -0.05) is 17.7 Å². The lowest BCUT2D eigenvalue weighted by Gasteiger charge is -2.13. The maximum Gasteiger partial charge on any atom is 0.268 e. The normalized spacial score (nSPS) is 13.5. The predicted octanol–water partition coefficient (Wildman–Crippen LogP) is 3.34. The molecular formula is C19H12ClN3O4S. The van der Waals surface area contributed by atoms with E-state index in [-0.39, 0.29) is 21.7 Å². The molecule has 9 heteroatoms. The Balaban J connectivity index is 1.75. The Morgan fingerprint density at radius 3 is 2.36 bits per heavy atom. The third-order valence-electron chi connectivity index (χ3n) is 4.19. The zero-order valence-electron chi connectivity index (χ0n) is 14.2. The molecule has 1 aliphatic heterocycles. The van der Waals surface area contributed by atoms with Gasteiger partial charge in [0.05, 0.1) is 33.6 Å². The predicted molar refractivity (Wildman–Crippen MR) is 104 cm³/mol. The molecule has 2 aromatic carbocycles. The summed E-state index contributed by atoms with van der Waals surface area (Å²) < 4.78 is 27.7. The van der Waals surface area contributed by atoms with E-state index in [2.05, 4.69) is 9.71 Å². The van der Waals surface area contributed by atoms with Crippen molar-refractivity contribution in [2.75, 3.05) is 9.62 Å². The topological polar surface area (TPSA) is 96.4 Å². The van der Waals surface area contributed by atoms with Crippen LogP contribution < -0.4 is 9.62 Å². The molecule has 0 bridgehead atoms. The first-order valence-corrected chi connectivity index (χ1v) is 9.95. The number of hydrogen-bond acceptors (Lipinski definition) is 5. The fourth-order valence-corrected chi connectivity index (χ4v) is 4.11. The van der Waals surface area contributed by atoms with Gasteiger partial charge in [0.25, 0.3) is 21.8 Å². The number of pyridine rings is 1. The van der Waals surface area contributed by atoms with Crippen LogP contribution in [0.2, 0.25) is 5.02 Å². The number of imide groups is 1. The largest absolute Gasteiger partial charge is 0.279 e. The lowest BCUT2D eigenvalue weighted by molar-refractivity contribution is 0.0926. The fourth-order valence-electron chi connectivity index (χ4n) is 2.91. The summed E-state index contributed by atoms with van der Waals surface area (Å²) in [6.45, 7) is 0. The first-order chi connectivity index (χ1) is 13.4. The minimum Gasteiger partial charge on any atom is -0.279 e. The number of nitrogens with zero attached hydrogens (tertiary/aromatic N) is 2. The number of sulfonamides is 1. The summed E-state index contributed by atoms with van der Waals surface area (Å²) in [5.41, 5.74) is 0.441. The Bertz CT molecular complexity index is 1200. The third-order valence-corrected chi connectivity index (χ3v) is 5.82. The summed E-state index contributed by atoms with van der Waals surface area (Å²) in [6.07, 6.45) is 2.91. The highest BCUT2D eigenvalue weighted by molar-refractivity contribution is 7.92. The van der Waals surface area contributed by atoms with E-state index >= 15 is 0 Å². The van der Waals surface area contributed by atoms with Crippen LogP contribution in [-0.2, 0) is 10.0 Å². The molecule has 0 radical (unpaired) electrons.